The van der Waals surface area contributed by atoms with E-state index in [2.05, 4.69) is 0 Å². The summed E-state index contributed by atoms with van der Waals surface area (Å²) in [5.74, 6) is -3.07. The molecule has 220 valence electrons. The number of phenolic OH excluding ortho intramolecular Hbond substituents is 1. The predicted molar refractivity (Wildman–Crippen MR) is 161 cm³/mol. The summed E-state index contributed by atoms with van der Waals surface area (Å²) >= 11 is 6.34. The molecule has 4 unspecified atom stereocenters. The average molecular weight is 600 g/mol. The second-order valence-electron chi connectivity index (χ2n) is 11.4. The first-order valence-electron chi connectivity index (χ1n) is 14.0. The van der Waals surface area contributed by atoms with Gasteiger partial charge in [0, 0.05) is 27.7 Å². The van der Waals surface area contributed by atoms with Gasteiger partial charge in [-0.3, -0.25) is 19.2 Å². The van der Waals surface area contributed by atoms with Crippen molar-refractivity contribution in [1.29, 1.82) is 0 Å². The van der Waals surface area contributed by atoms with Crippen LogP contribution < -0.4 is 14.4 Å². The summed E-state index contributed by atoms with van der Waals surface area (Å²) in [7, 11) is 2.87. The normalized spacial score (nSPS) is 25.0. The van der Waals surface area contributed by atoms with Crippen LogP contribution in [0.15, 0.2) is 70.9 Å². The molecule has 0 spiro atoms. The van der Waals surface area contributed by atoms with Gasteiger partial charge in [-0.25, -0.2) is 4.90 Å². The molecule has 0 aromatic heterocycles. The third-order valence-electron chi connectivity index (χ3n) is 9.01. The molecule has 1 N–H and O–H groups in total. The van der Waals surface area contributed by atoms with Gasteiger partial charge in [0.1, 0.15) is 0 Å². The van der Waals surface area contributed by atoms with Crippen molar-refractivity contribution in [3.8, 4) is 17.2 Å². The molecule has 1 saturated heterocycles. The molecule has 9 heteroatoms. The van der Waals surface area contributed by atoms with Crippen molar-refractivity contribution in [3.05, 3.63) is 87.0 Å². The Balaban J connectivity index is 1.43. The third kappa shape index (κ3) is 4.52. The largest absolute Gasteiger partial charge is 0.502 e. The minimum absolute atomic E-state index is 0.136. The summed E-state index contributed by atoms with van der Waals surface area (Å²) in [5, 5.41) is 10.8. The van der Waals surface area contributed by atoms with E-state index < -0.39 is 23.7 Å². The number of Topliss-reactive ketones (excluding diaryl/α,β-unsaturated/α-hetero) is 1. The number of amides is 2. The molecule has 4 atom stereocenters. The molecule has 8 nitrogen and oxygen atoms in total. The number of hydrogen-bond acceptors (Lipinski definition) is 7. The van der Waals surface area contributed by atoms with Crippen molar-refractivity contribution < 1.29 is 33.8 Å². The van der Waals surface area contributed by atoms with Gasteiger partial charge in [-0.05, 0) is 74.1 Å². The lowest BCUT2D eigenvalue weighted by Gasteiger charge is -2.41. The number of aryl methyl sites for hydroxylation is 1. The molecular formula is C34H30ClNO7. The van der Waals surface area contributed by atoms with Crippen LogP contribution in [0.25, 0.3) is 6.08 Å². The number of fused-ring (bicyclic) bond motifs is 3. The number of methoxy groups -OCH3 is 2. The maximum atomic E-state index is 14.0. The molecule has 2 amide bonds. The summed E-state index contributed by atoms with van der Waals surface area (Å²) in [6.07, 6.45) is 7.47. The van der Waals surface area contributed by atoms with Gasteiger partial charge in [0.2, 0.25) is 17.6 Å². The number of phenols is 1. The Bertz CT molecular complexity index is 1720. The second-order valence-corrected chi connectivity index (χ2v) is 11.8. The van der Waals surface area contributed by atoms with Crippen LogP contribution in [0.1, 0.15) is 30.9 Å². The highest BCUT2D eigenvalue weighted by atomic mass is 35.5. The van der Waals surface area contributed by atoms with Crippen LogP contribution in [-0.2, 0) is 19.2 Å². The zero-order valence-electron chi connectivity index (χ0n) is 24.1. The molecule has 0 radical (unpaired) electrons. The maximum Gasteiger partial charge on any atom is 0.238 e. The summed E-state index contributed by atoms with van der Waals surface area (Å²) in [4.78, 5) is 55.7. The molecule has 0 bridgehead atoms. The van der Waals surface area contributed by atoms with Crippen molar-refractivity contribution in [1.82, 2.24) is 0 Å². The molecule has 0 saturated carbocycles. The fourth-order valence-corrected chi connectivity index (χ4v) is 7.01. The Morgan fingerprint density at radius 3 is 2.33 bits per heavy atom. The van der Waals surface area contributed by atoms with Crippen molar-refractivity contribution in [2.24, 2.45) is 23.7 Å². The zero-order valence-corrected chi connectivity index (χ0v) is 24.9. The van der Waals surface area contributed by atoms with Gasteiger partial charge in [-0.2, -0.15) is 0 Å². The van der Waals surface area contributed by atoms with Gasteiger partial charge in [-0.15, -0.1) is 0 Å². The number of hydrogen-bond donors (Lipinski definition) is 1. The van der Waals surface area contributed by atoms with Crippen molar-refractivity contribution >= 4 is 46.7 Å². The Hall–Kier alpha value is -4.43. The van der Waals surface area contributed by atoms with Gasteiger partial charge in [0.15, 0.2) is 23.1 Å². The number of benzene rings is 2. The Morgan fingerprint density at radius 1 is 0.977 bits per heavy atom. The fourth-order valence-electron chi connectivity index (χ4n) is 6.83. The first-order chi connectivity index (χ1) is 20.5. The van der Waals surface area contributed by atoms with Crippen LogP contribution in [0.5, 0.6) is 17.2 Å². The van der Waals surface area contributed by atoms with Gasteiger partial charge < -0.3 is 14.6 Å². The first-order valence-corrected chi connectivity index (χ1v) is 14.4. The molecule has 1 heterocycles. The minimum atomic E-state index is -0.679. The van der Waals surface area contributed by atoms with E-state index in [1.165, 1.54) is 25.2 Å². The van der Waals surface area contributed by atoms with E-state index in [1.807, 2.05) is 19.1 Å². The van der Waals surface area contributed by atoms with Crippen LogP contribution >= 0.6 is 11.6 Å². The van der Waals surface area contributed by atoms with E-state index in [4.69, 9.17) is 21.1 Å². The highest BCUT2D eigenvalue weighted by Gasteiger charge is 2.56. The zero-order chi connectivity index (χ0) is 30.7. The number of ketones is 2. The lowest BCUT2D eigenvalue weighted by molar-refractivity contribution is -0.123. The minimum Gasteiger partial charge on any atom is -0.502 e. The van der Waals surface area contributed by atoms with Crippen LogP contribution in [-0.4, -0.2) is 42.7 Å². The smallest absolute Gasteiger partial charge is 0.238 e. The summed E-state index contributed by atoms with van der Waals surface area (Å²) in [6.45, 7) is 3.47. The van der Waals surface area contributed by atoms with Gasteiger partial charge in [-0.1, -0.05) is 41.5 Å². The topological polar surface area (TPSA) is 110 Å². The van der Waals surface area contributed by atoms with Gasteiger partial charge in [0.25, 0.3) is 0 Å². The number of aromatic hydroxyl groups is 1. The Morgan fingerprint density at radius 2 is 1.67 bits per heavy atom. The highest BCUT2D eigenvalue weighted by molar-refractivity contribution is 6.32. The number of halogens is 1. The molecule has 2 aromatic carbocycles. The fraction of sp³-hybridized carbons (Fsp3) is 0.294. The van der Waals surface area contributed by atoms with Crippen molar-refractivity contribution in [2.75, 3.05) is 19.1 Å². The second kappa shape index (κ2) is 10.7. The molecule has 2 aromatic rings. The van der Waals surface area contributed by atoms with Gasteiger partial charge in [0.05, 0.1) is 31.7 Å². The van der Waals surface area contributed by atoms with E-state index in [1.54, 1.807) is 43.3 Å². The third-order valence-corrected chi connectivity index (χ3v) is 9.42. The number of ether oxygens (including phenoxy) is 2. The number of anilines is 1. The SMILES string of the molecule is COc1cc(C=CC2C3=CCC4C(=O)N(c5ccc(C)c(Cl)c5)C(=O)C4C3CC3=C2C(=O)C(C)=CC3=O)cc(OC)c1O. The molecule has 3 aliphatic carbocycles. The number of imide groups is 1. The lowest BCUT2D eigenvalue weighted by Crippen LogP contribution is -2.40. The molecule has 1 fully saturated rings. The van der Waals surface area contributed by atoms with Gasteiger partial charge >= 0.3 is 0 Å². The van der Waals surface area contributed by atoms with E-state index in [-0.39, 0.29) is 47.1 Å². The highest BCUT2D eigenvalue weighted by Crippen LogP contribution is 2.53. The van der Waals surface area contributed by atoms with E-state index in [0.717, 1.165) is 11.1 Å². The first kappa shape index (κ1) is 28.7. The molecule has 6 rings (SSSR count). The molecule has 1 aliphatic heterocycles. The molecule has 4 aliphatic rings. The van der Waals surface area contributed by atoms with Crippen LogP contribution in [0.2, 0.25) is 5.02 Å². The Kier molecular flexibility index (Phi) is 7.13. The Labute approximate surface area is 253 Å². The van der Waals surface area contributed by atoms with Crippen LogP contribution in [0, 0.1) is 30.6 Å². The van der Waals surface area contributed by atoms with E-state index in [0.29, 0.717) is 39.4 Å². The van der Waals surface area contributed by atoms with Crippen molar-refractivity contribution in [3.63, 3.8) is 0 Å². The number of carbonyl (C=O) groups is 4. The quantitative estimate of drug-likeness (QED) is 0.272. The summed E-state index contributed by atoms with van der Waals surface area (Å²) < 4.78 is 10.6. The predicted octanol–water partition coefficient (Wildman–Crippen LogP) is 5.55. The summed E-state index contributed by atoms with van der Waals surface area (Å²) in [5.41, 5.74) is 3.88. The lowest BCUT2D eigenvalue weighted by atomic mass is 9.60. The monoisotopic (exact) mass is 599 g/mol. The van der Waals surface area contributed by atoms with E-state index in [9.17, 15) is 24.3 Å². The van der Waals surface area contributed by atoms with Crippen LogP contribution in [0.3, 0.4) is 0 Å². The van der Waals surface area contributed by atoms with Crippen molar-refractivity contribution in [2.45, 2.75) is 26.7 Å². The number of rotatable bonds is 5. The number of carbonyl (C=O) groups excluding carboxylic acids is 4. The van der Waals surface area contributed by atoms with E-state index >= 15 is 0 Å². The standard InChI is InChI=1S/C34H30ClNO7/c1-16-5-7-19(14-25(16)35)36-33(40)22-10-9-20-21(8-6-18-12-27(42-3)32(39)28(13-18)43-4)29-24(15-23(20)30(22)34(36)41)26(37)11-17(2)31(29)38/h5-9,11-14,21-23,30,39H,10,15H2,1-4H3. The molecular weight excluding hydrogens is 570 g/mol. The maximum absolute atomic E-state index is 14.0. The molecule has 43 heavy (non-hydrogen) atoms. The van der Waals surface area contributed by atoms with Crippen LogP contribution in [0.4, 0.5) is 5.69 Å². The summed E-state index contributed by atoms with van der Waals surface area (Å²) in [6, 6.07) is 8.39. The number of nitrogens with zero attached hydrogens (tertiary/aromatic N) is 1. The number of allylic oxidation sites excluding steroid dienone is 7. The average Bonchev–Trinajstić information content (AvgIpc) is 3.25.